The molecule has 1 aromatic carbocycles. The summed E-state index contributed by atoms with van der Waals surface area (Å²) in [6.07, 6.45) is 3.02. The van der Waals surface area contributed by atoms with Gasteiger partial charge in [-0.05, 0) is 31.5 Å². The highest BCUT2D eigenvalue weighted by Crippen LogP contribution is 2.28. The minimum Gasteiger partial charge on any atom is -0.462 e. The number of hydrogen-bond donors (Lipinski definition) is 0. The molecule has 3 aromatic heterocycles. The van der Waals surface area contributed by atoms with Gasteiger partial charge in [0.25, 0.3) is 5.56 Å². The van der Waals surface area contributed by atoms with Crippen LogP contribution >= 0.6 is 22.9 Å². The number of aryl methyl sites for hydroxylation is 1. The average Bonchev–Trinajstić information content (AvgIpc) is 3.29. The van der Waals surface area contributed by atoms with Gasteiger partial charge < -0.3 is 9.15 Å². The zero-order chi connectivity index (χ0) is 20.5. The van der Waals surface area contributed by atoms with E-state index in [1.165, 1.54) is 10.9 Å². The number of halogens is 1. The lowest BCUT2D eigenvalue weighted by Gasteiger charge is -2.03. The van der Waals surface area contributed by atoms with Crippen molar-refractivity contribution in [3.8, 4) is 11.3 Å². The van der Waals surface area contributed by atoms with Gasteiger partial charge in [0.15, 0.2) is 5.76 Å². The third-order valence-corrected chi connectivity index (χ3v) is 5.76. The Morgan fingerprint density at radius 3 is 2.93 bits per heavy atom. The van der Waals surface area contributed by atoms with Gasteiger partial charge in [-0.2, -0.15) is 0 Å². The molecule has 0 unspecified atom stereocenters. The molecule has 0 amide bonds. The maximum Gasteiger partial charge on any atom is 0.348 e. The van der Waals surface area contributed by atoms with E-state index < -0.39 is 5.97 Å². The number of hydrogen-bond acceptors (Lipinski definition) is 7. The first-order chi connectivity index (χ1) is 14.0. The maximum absolute atomic E-state index is 13.0. The van der Waals surface area contributed by atoms with Crippen molar-refractivity contribution in [2.75, 3.05) is 6.61 Å². The Bertz CT molecular complexity index is 1270. The Labute approximate surface area is 174 Å². The van der Waals surface area contributed by atoms with E-state index in [0.717, 1.165) is 16.9 Å². The molecule has 4 rings (SSSR count). The second kappa shape index (κ2) is 7.81. The number of oxazole rings is 1. The quantitative estimate of drug-likeness (QED) is 0.439. The lowest BCUT2D eigenvalue weighted by atomic mass is 10.2. The summed E-state index contributed by atoms with van der Waals surface area (Å²) >= 11 is 7.17. The predicted molar refractivity (Wildman–Crippen MR) is 111 cm³/mol. The molecule has 0 aliphatic heterocycles. The Hall–Kier alpha value is -2.97. The topological polar surface area (TPSA) is 87.2 Å². The normalized spacial score (nSPS) is 11.1. The molecule has 4 aromatic rings. The lowest BCUT2D eigenvalue weighted by molar-refractivity contribution is 0.0531. The Kier molecular flexibility index (Phi) is 5.21. The molecule has 0 fully saturated rings. The molecular formula is C20H16ClN3O4S. The minimum atomic E-state index is -0.446. The zero-order valence-corrected chi connectivity index (χ0v) is 17.2. The molecule has 0 atom stereocenters. The number of thiophene rings is 1. The number of fused-ring (bicyclic) bond motifs is 1. The van der Waals surface area contributed by atoms with E-state index in [1.807, 2.05) is 12.1 Å². The second-order valence-electron chi connectivity index (χ2n) is 6.26. The Morgan fingerprint density at radius 1 is 1.34 bits per heavy atom. The van der Waals surface area contributed by atoms with Crippen molar-refractivity contribution < 1.29 is 13.9 Å². The molecule has 0 N–H and O–H groups in total. The van der Waals surface area contributed by atoms with E-state index in [2.05, 4.69) is 9.97 Å². The summed E-state index contributed by atoms with van der Waals surface area (Å²) in [5.41, 5.74) is 1.11. The molecule has 148 valence electrons. The van der Waals surface area contributed by atoms with E-state index >= 15 is 0 Å². The van der Waals surface area contributed by atoms with Crippen molar-refractivity contribution in [2.24, 2.45) is 0 Å². The molecule has 29 heavy (non-hydrogen) atoms. The minimum absolute atomic E-state index is 0.117. The number of esters is 1. The molecule has 0 radical (unpaired) electrons. The van der Waals surface area contributed by atoms with E-state index in [4.69, 9.17) is 20.8 Å². The van der Waals surface area contributed by atoms with Crippen LogP contribution in [0.15, 0.2) is 46.0 Å². The van der Waals surface area contributed by atoms with Gasteiger partial charge >= 0.3 is 5.97 Å². The largest absolute Gasteiger partial charge is 0.462 e. The first-order valence-electron chi connectivity index (χ1n) is 8.84. The van der Waals surface area contributed by atoms with Gasteiger partial charge in [0.1, 0.15) is 16.3 Å². The van der Waals surface area contributed by atoms with Crippen molar-refractivity contribution in [1.29, 1.82) is 0 Å². The fourth-order valence-electron chi connectivity index (χ4n) is 2.97. The van der Waals surface area contributed by atoms with Crippen LogP contribution < -0.4 is 5.56 Å². The fraction of sp³-hybridized carbons (Fsp3) is 0.200. The standard InChI is InChI=1S/C20H16ClN3O4S/c1-3-27-20(26)17-11(2)16-18(29-17)23-10-24(19(16)25)9-15-22-8-14(28-15)12-5-4-6-13(21)7-12/h4-8,10H,3,9H2,1-2H3. The molecule has 9 heteroatoms. The molecule has 7 nitrogen and oxygen atoms in total. The van der Waals surface area contributed by atoms with Gasteiger partial charge in [-0.15, -0.1) is 11.3 Å². The molecule has 0 saturated heterocycles. The summed E-state index contributed by atoms with van der Waals surface area (Å²) < 4.78 is 12.2. The zero-order valence-electron chi connectivity index (χ0n) is 15.6. The summed E-state index contributed by atoms with van der Waals surface area (Å²) in [6, 6.07) is 7.23. The summed E-state index contributed by atoms with van der Waals surface area (Å²) in [7, 11) is 0. The summed E-state index contributed by atoms with van der Waals surface area (Å²) in [5.74, 6) is 0.473. The number of carbonyl (C=O) groups excluding carboxylic acids is 1. The first-order valence-corrected chi connectivity index (χ1v) is 10.0. The van der Waals surface area contributed by atoms with E-state index in [0.29, 0.717) is 37.3 Å². The highest BCUT2D eigenvalue weighted by atomic mass is 35.5. The van der Waals surface area contributed by atoms with Crippen molar-refractivity contribution >= 4 is 39.1 Å². The van der Waals surface area contributed by atoms with Crippen molar-refractivity contribution in [3.05, 3.63) is 68.5 Å². The van der Waals surface area contributed by atoms with Crippen LogP contribution in [0.5, 0.6) is 0 Å². The van der Waals surface area contributed by atoms with Gasteiger partial charge in [-0.25, -0.2) is 14.8 Å². The molecule has 0 spiro atoms. The smallest absolute Gasteiger partial charge is 0.348 e. The van der Waals surface area contributed by atoms with Crippen molar-refractivity contribution in [3.63, 3.8) is 0 Å². The number of carbonyl (C=O) groups is 1. The summed E-state index contributed by atoms with van der Waals surface area (Å²) in [6.45, 7) is 3.84. The van der Waals surface area contributed by atoms with E-state index in [1.54, 1.807) is 32.2 Å². The van der Waals surface area contributed by atoms with Gasteiger partial charge in [0, 0.05) is 10.6 Å². The van der Waals surface area contributed by atoms with E-state index in [9.17, 15) is 9.59 Å². The number of rotatable bonds is 5. The Balaban J connectivity index is 1.67. The van der Waals surface area contributed by atoms with Crippen molar-refractivity contribution in [1.82, 2.24) is 14.5 Å². The monoisotopic (exact) mass is 429 g/mol. The summed E-state index contributed by atoms with van der Waals surface area (Å²) in [5, 5.41) is 0.999. The van der Waals surface area contributed by atoms with Crippen LogP contribution in [0.25, 0.3) is 21.5 Å². The van der Waals surface area contributed by atoms with Crippen LogP contribution in [0, 0.1) is 6.92 Å². The van der Waals surface area contributed by atoms with E-state index in [-0.39, 0.29) is 18.7 Å². The fourth-order valence-corrected chi connectivity index (χ4v) is 4.19. The number of ether oxygens (including phenoxy) is 1. The Morgan fingerprint density at radius 2 is 2.17 bits per heavy atom. The highest BCUT2D eigenvalue weighted by molar-refractivity contribution is 7.20. The maximum atomic E-state index is 13.0. The van der Waals surface area contributed by atoms with Gasteiger partial charge in [-0.3, -0.25) is 9.36 Å². The van der Waals surface area contributed by atoms with Crippen molar-refractivity contribution in [2.45, 2.75) is 20.4 Å². The molecule has 3 heterocycles. The van der Waals surface area contributed by atoms with Gasteiger partial charge in [0.05, 0.1) is 24.5 Å². The summed E-state index contributed by atoms with van der Waals surface area (Å²) in [4.78, 5) is 34.5. The van der Waals surface area contributed by atoms with Crippen LogP contribution in [-0.2, 0) is 11.3 Å². The number of nitrogens with zero attached hydrogens (tertiary/aromatic N) is 3. The molecule has 0 bridgehead atoms. The van der Waals surface area contributed by atoms with Gasteiger partial charge in [-0.1, -0.05) is 23.7 Å². The average molecular weight is 430 g/mol. The lowest BCUT2D eigenvalue weighted by Crippen LogP contribution is -2.21. The highest BCUT2D eigenvalue weighted by Gasteiger charge is 2.20. The van der Waals surface area contributed by atoms with Crippen LogP contribution in [-0.4, -0.2) is 27.1 Å². The second-order valence-corrected chi connectivity index (χ2v) is 7.70. The van der Waals surface area contributed by atoms with Crippen LogP contribution in [0.1, 0.15) is 28.0 Å². The SMILES string of the molecule is CCOC(=O)c1sc2ncn(Cc3ncc(-c4cccc(Cl)c4)o3)c(=O)c2c1C. The van der Waals surface area contributed by atoms with Gasteiger partial charge in [0.2, 0.25) is 5.89 Å². The molecule has 0 aliphatic rings. The molecule has 0 aliphatic carbocycles. The third-order valence-electron chi connectivity index (χ3n) is 4.35. The third kappa shape index (κ3) is 3.68. The predicted octanol–water partition coefficient (Wildman–Crippen LogP) is 4.30. The van der Waals surface area contributed by atoms with Crippen LogP contribution in [0.3, 0.4) is 0 Å². The van der Waals surface area contributed by atoms with Crippen LogP contribution in [0.2, 0.25) is 5.02 Å². The van der Waals surface area contributed by atoms with Crippen LogP contribution in [0.4, 0.5) is 0 Å². The number of aromatic nitrogens is 3. The number of benzene rings is 1. The molecular weight excluding hydrogens is 414 g/mol. The first kappa shape index (κ1) is 19.4. The molecule has 0 saturated carbocycles.